The largest absolute Gasteiger partial charge is 0.313 e. The fourth-order valence-corrected chi connectivity index (χ4v) is 3.37. The highest BCUT2D eigenvalue weighted by Gasteiger charge is 2.12. The van der Waals surface area contributed by atoms with Gasteiger partial charge in [-0.1, -0.05) is 48.9 Å². The standard InChI is InChI=1S/C17H19ClFNS/c1-2-20-14(11-13-7-3-4-8-15(13)18)12-21-17-10-6-5-9-16(17)19/h3-10,14,20H,2,11-12H2,1H3. The van der Waals surface area contributed by atoms with Gasteiger partial charge < -0.3 is 5.32 Å². The molecule has 0 aliphatic carbocycles. The number of hydrogen-bond acceptors (Lipinski definition) is 2. The lowest BCUT2D eigenvalue weighted by Crippen LogP contribution is -2.33. The molecule has 0 heterocycles. The average molecular weight is 324 g/mol. The predicted octanol–water partition coefficient (Wildman–Crippen LogP) is 4.79. The van der Waals surface area contributed by atoms with Crippen LogP contribution >= 0.6 is 23.4 Å². The van der Waals surface area contributed by atoms with Crippen LogP contribution in [0.15, 0.2) is 53.4 Å². The van der Waals surface area contributed by atoms with E-state index in [-0.39, 0.29) is 11.9 Å². The Morgan fingerprint density at radius 1 is 1.14 bits per heavy atom. The van der Waals surface area contributed by atoms with Gasteiger partial charge in [0.05, 0.1) is 0 Å². The Balaban J connectivity index is 1.99. The molecule has 0 aromatic heterocycles. The molecule has 2 aromatic rings. The van der Waals surface area contributed by atoms with E-state index in [0.717, 1.165) is 29.3 Å². The van der Waals surface area contributed by atoms with Crippen LogP contribution in [-0.2, 0) is 6.42 Å². The Hall–Kier alpha value is -1.03. The van der Waals surface area contributed by atoms with Gasteiger partial charge in [-0.05, 0) is 36.7 Å². The zero-order valence-electron chi connectivity index (χ0n) is 12.0. The molecule has 0 fully saturated rings. The van der Waals surface area contributed by atoms with Gasteiger partial charge in [0.1, 0.15) is 5.82 Å². The third kappa shape index (κ3) is 5.03. The Morgan fingerprint density at radius 3 is 2.57 bits per heavy atom. The van der Waals surface area contributed by atoms with Crippen LogP contribution in [-0.4, -0.2) is 18.3 Å². The van der Waals surface area contributed by atoms with Gasteiger partial charge in [-0.15, -0.1) is 11.8 Å². The van der Waals surface area contributed by atoms with Crippen LogP contribution in [0.5, 0.6) is 0 Å². The van der Waals surface area contributed by atoms with Crippen molar-refractivity contribution >= 4 is 23.4 Å². The Labute approximate surface area is 134 Å². The number of rotatable bonds is 7. The molecule has 0 aliphatic heterocycles. The zero-order chi connectivity index (χ0) is 15.1. The van der Waals surface area contributed by atoms with Crippen molar-refractivity contribution in [3.63, 3.8) is 0 Å². The summed E-state index contributed by atoms with van der Waals surface area (Å²) in [6, 6.07) is 15.0. The molecule has 2 rings (SSSR count). The molecule has 0 amide bonds. The number of nitrogens with one attached hydrogen (secondary N) is 1. The maximum atomic E-state index is 13.7. The summed E-state index contributed by atoms with van der Waals surface area (Å²) in [5.74, 6) is 0.649. The van der Waals surface area contributed by atoms with E-state index in [1.54, 1.807) is 6.07 Å². The SMILES string of the molecule is CCNC(CSc1ccccc1F)Cc1ccccc1Cl. The lowest BCUT2D eigenvalue weighted by atomic mass is 10.1. The molecule has 1 unspecified atom stereocenters. The normalized spacial score (nSPS) is 12.3. The maximum Gasteiger partial charge on any atom is 0.136 e. The molecule has 0 spiro atoms. The fourth-order valence-electron chi connectivity index (χ4n) is 2.16. The number of thioether (sulfide) groups is 1. The van der Waals surface area contributed by atoms with E-state index in [4.69, 9.17) is 11.6 Å². The first-order chi connectivity index (χ1) is 10.2. The van der Waals surface area contributed by atoms with E-state index in [1.165, 1.54) is 17.8 Å². The van der Waals surface area contributed by atoms with Crippen LogP contribution in [0, 0.1) is 5.82 Å². The Morgan fingerprint density at radius 2 is 1.86 bits per heavy atom. The third-order valence-electron chi connectivity index (χ3n) is 3.19. The second-order valence-electron chi connectivity index (χ2n) is 4.79. The van der Waals surface area contributed by atoms with Gasteiger partial charge >= 0.3 is 0 Å². The summed E-state index contributed by atoms with van der Waals surface area (Å²) in [5, 5.41) is 4.23. The molecule has 112 valence electrons. The monoisotopic (exact) mass is 323 g/mol. The van der Waals surface area contributed by atoms with Crippen molar-refractivity contribution in [3.8, 4) is 0 Å². The molecule has 2 aromatic carbocycles. The van der Waals surface area contributed by atoms with E-state index < -0.39 is 0 Å². The summed E-state index contributed by atoms with van der Waals surface area (Å²) in [5.41, 5.74) is 1.12. The molecule has 4 heteroatoms. The fraction of sp³-hybridized carbons (Fsp3) is 0.294. The van der Waals surface area contributed by atoms with Crippen LogP contribution in [0.1, 0.15) is 12.5 Å². The molecular weight excluding hydrogens is 305 g/mol. The molecule has 1 N–H and O–H groups in total. The molecule has 1 atom stereocenters. The molecule has 21 heavy (non-hydrogen) atoms. The van der Waals surface area contributed by atoms with Crippen LogP contribution in [0.25, 0.3) is 0 Å². The zero-order valence-corrected chi connectivity index (χ0v) is 13.6. The number of benzene rings is 2. The first kappa shape index (κ1) is 16.3. The highest BCUT2D eigenvalue weighted by molar-refractivity contribution is 7.99. The van der Waals surface area contributed by atoms with Crippen molar-refractivity contribution < 1.29 is 4.39 Å². The molecule has 0 saturated carbocycles. The Kier molecular flexibility index (Phi) is 6.55. The lowest BCUT2D eigenvalue weighted by Gasteiger charge is -2.18. The minimum absolute atomic E-state index is 0.157. The summed E-state index contributed by atoms with van der Waals surface area (Å²) >= 11 is 7.76. The average Bonchev–Trinajstić information content (AvgIpc) is 2.48. The summed E-state index contributed by atoms with van der Waals surface area (Å²) < 4.78 is 13.7. The third-order valence-corrected chi connectivity index (χ3v) is 4.77. The van der Waals surface area contributed by atoms with Crippen LogP contribution in [0.2, 0.25) is 5.02 Å². The summed E-state index contributed by atoms with van der Waals surface area (Å²) in [6.45, 7) is 2.96. The van der Waals surface area contributed by atoms with Crippen molar-refractivity contribution in [3.05, 3.63) is 64.9 Å². The van der Waals surface area contributed by atoms with Crippen molar-refractivity contribution in [2.45, 2.75) is 24.3 Å². The molecule has 0 radical (unpaired) electrons. The van der Waals surface area contributed by atoms with E-state index in [0.29, 0.717) is 4.90 Å². The van der Waals surface area contributed by atoms with Crippen molar-refractivity contribution in [1.82, 2.24) is 5.32 Å². The minimum atomic E-state index is -0.157. The molecule has 0 saturated heterocycles. The summed E-state index contributed by atoms with van der Waals surface area (Å²) in [6.07, 6.45) is 0.842. The van der Waals surface area contributed by atoms with E-state index >= 15 is 0 Å². The smallest absolute Gasteiger partial charge is 0.136 e. The van der Waals surface area contributed by atoms with Gasteiger partial charge in [0.2, 0.25) is 0 Å². The van der Waals surface area contributed by atoms with Crippen molar-refractivity contribution in [2.24, 2.45) is 0 Å². The predicted molar refractivity (Wildman–Crippen MR) is 89.7 cm³/mol. The van der Waals surface area contributed by atoms with Crippen LogP contribution in [0.4, 0.5) is 4.39 Å². The van der Waals surface area contributed by atoms with E-state index in [2.05, 4.69) is 12.2 Å². The van der Waals surface area contributed by atoms with Gasteiger partial charge in [-0.2, -0.15) is 0 Å². The van der Waals surface area contributed by atoms with Gasteiger partial charge in [0.25, 0.3) is 0 Å². The van der Waals surface area contributed by atoms with Crippen molar-refractivity contribution in [2.75, 3.05) is 12.3 Å². The topological polar surface area (TPSA) is 12.0 Å². The molecule has 0 bridgehead atoms. The van der Waals surface area contributed by atoms with Gasteiger partial charge in [-0.25, -0.2) is 4.39 Å². The highest BCUT2D eigenvalue weighted by Crippen LogP contribution is 2.24. The van der Waals surface area contributed by atoms with Gasteiger partial charge in [-0.3, -0.25) is 0 Å². The van der Waals surface area contributed by atoms with Crippen molar-refractivity contribution in [1.29, 1.82) is 0 Å². The number of hydrogen-bond donors (Lipinski definition) is 1. The Bertz CT molecular complexity index is 576. The highest BCUT2D eigenvalue weighted by atomic mass is 35.5. The minimum Gasteiger partial charge on any atom is -0.313 e. The maximum absolute atomic E-state index is 13.7. The first-order valence-corrected chi connectivity index (χ1v) is 8.41. The molecule has 1 nitrogen and oxygen atoms in total. The van der Waals surface area contributed by atoms with E-state index in [1.807, 2.05) is 36.4 Å². The quantitative estimate of drug-likeness (QED) is 0.735. The summed E-state index contributed by atoms with van der Waals surface area (Å²) in [7, 11) is 0. The second-order valence-corrected chi connectivity index (χ2v) is 6.26. The second kappa shape index (κ2) is 8.42. The van der Waals surface area contributed by atoms with Crippen LogP contribution in [0.3, 0.4) is 0 Å². The lowest BCUT2D eigenvalue weighted by molar-refractivity contribution is 0.571. The van der Waals surface area contributed by atoms with Crippen LogP contribution < -0.4 is 5.32 Å². The molecule has 0 aliphatic rings. The van der Waals surface area contributed by atoms with E-state index in [9.17, 15) is 4.39 Å². The number of halogens is 2. The number of likely N-dealkylation sites (N-methyl/N-ethyl adjacent to an activating group) is 1. The molecular formula is C17H19ClFNS. The first-order valence-electron chi connectivity index (χ1n) is 7.04. The van der Waals surface area contributed by atoms with Gasteiger partial charge in [0, 0.05) is 21.7 Å². The summed E-state index contributed by atoms with van der Waals surface area (Å²) in [4.78, 5) is 0.694. The van der Waals surface area contributed by atoms with Gasteiger partial charge in [0.15, 0.2) is 0 Å².